The Morgan fingerprint density at radius 2 is 2.25 bits per heavy atom. The van der Waals surface area contributed by atoms with Crippen LogP contribution in [0.1, 0.15) is 31.7 Å². The van der Waals surface area contributed by atoms with E-state index in [1.54, 1.807) is 19.1 Å². The zero-order valence-corrected chi connectivity index (χ0v) is 12.1. The topological polar surface area (TPSA) is 63.5 Å². The second-order valence-corrected chi connectivity index (χ2v) is 5.56. The van der Waals surface area contributed by atoms with Crippen LogP contribution in [0, 0.1) is 10.1 Å². The van der Waals surface area contributed by atoms with Crippen LogP contribution < -0.4 is 0 Å². The average molecular weight is 297 g/mol. The van der Waals surface area contributed by atoms with Crippen molar-refractivity contribution in [1.29, 1.82) is 0 Å². The standard InChI is InChI=1S/C14H17ClN2O3/c1-10(18)13-4-2-3-7-16(13)9-11-5-6-12(15)8-14(11)17(19)20/h5-6,8,13H,2-4,7,9H2,1H3. The molecule has 0 N–H and O–H groups in total. The normalized spacial score (nSPS) is 19.8. The number of piperidine rings is 1. The van der Waals surface area contributed by atoms with Gasteiger partial charge in [-0.25, -0.2) is 0 Å². The summed E-state index contributed by atoms with van der Waals surface area (Å²) in [4.78, 5) is 24.4. The zero-order valence-electron chi connectivity index (χ0n) is 11.3. The molecule has 6 heteroatoms. The highest BCUT2D eigenvalue weighted by molar-refractivity contribution is 6.30. The van der Waals surface area contributed by atoms with E-state index in [1.165, 1.54) is 6.07 Å². The molecule has 20 heavy (non-hydrogen) atoms. The Morgan fingerprint density at radius 1 is 1.50 bits per heavy atom. The number of nitrogens with zero attached hydrogens (tertiary/aromatic N) is 2. The van der Waals surface area contributed by atoms with Crippen molar-refractivity contribution in [1.82, 2.24) is 4.90 Å². The lowest BCUT2D eigenvalue weighted by Gasteiger charge is -2.33. The largest absolute Gasteiger partial charge is 0.298 e. The maximum absolute atomic E-state index is 11.7. The van der Waals surface area contributed by atoms with Gasteiger partial charge in [-0.15, -0.1) is 0 Å². The summed E-state index contributed by atoms with van der Waals surface area (Å²) in [5.74, 6) is 0.126. The van der Waals surface area contributed by atoms with E-state index in [0.717, 1.165) is 25.8 Å². The fraction of sp³-hybridized carbons (Fsp3) is 0.500. The van der Waals surface area contributed by atoms with E-state index in [4.69, 9.17) is 11.6 Å². The minimum Gasteiger partial charge on any atom is -0.298 e. The predicted molar refractivity (Wildman–Crippen MR) is 76.8 cm³/mol. The molecule has 108 valence electrons. The summed E-state index contributed by atoms with van der Waals surface area (Å²) in [7, 11) is 0. The maximum atomic E-state index is 11.7. The molecule has 0 spiro atoms. The van der Waals surface area contributed by atoms with Crippen LogP contribution in [-0.2, 0) is 11.3 Å². The third-order valence-corrected chi connectivity index (χ3v) is 3.94. The van der Waals surface area contributed by atoms with Crippen molar-refractivity contribution in [2.75, 3.05) is 6.54 Å². The second-order valence-electron chi connectivity index (χ2n) is 5.12. The highest BCUT2D eigenvalue weighted by atomic mass is 35.5. The SMILES string of the molecule is CC(=O)C1CCCCN1Cc1ccc(Cl)cc1[N+](=O)[O-]. The number of Topliss-reactive ketones (excluding diaryl/α,β-unsaturated/α-hetero) is 1. The number of hydrogen-bond donors (Lipinski definition) is 0. The minimum atomic E-state index is -0.423. The summed E-state index contributed by atoms with van der Waals surface area (Å²) >= 11 is 5.81. The lowest BCUT2D eigenvalue weighted by molar-refractivity contribution is -0.385. The van der Waals surface area contributed by atoms with Crippen molar-refractivity contribution >= 4 is 23.1 Å². The van der Waals surface area contributed by atoms with Gasteiger partial charge >= 0.3 is 0 Å². The molecule has 5 nitrogen and oxygen atoms in total. The van der Waals surface area contributed by atoms with E-state index in [2.05, 4.69) is 0 Å². The van der Waals surface area contributed by atoms with E-state index < -0.39 is 4.92 Å². The quantitative estimate of drug-likeness (QED) is 0.632. The van der Waals surface area contributed by atoms with E-state index in [-0.39, 0.29) is 17.5 Å². The molecule has 1 heterocycles. The number of carbonyl (C=O) groups excluding carboxylic acids is 1. The summed E-state index contributed by atoms with van der Waals surface area (Å²) in [6, 6.07) is 4.56. The summed E-state index contributed by atoms with van der Waals surface area (Å²) in [6.45, 7) is 2.79. The van der Waals surface area contributed by atoms with Gasteiger partial charge in [0.05, 0.1) is 11.0 Å². The van der Waals surface area contributed by atoms with Crippen molar-refractivity contribution in [2.45, 2.75) is 38.8 Å². The Labute approximate surface area is 122 Å². The Balaban J connectivity index is 2.24. The van der Waals surface area contributed by atoms with Crippen LogP contribution in [0.4, 0.5) is 5.69 Å². The van der Waals surface area contributed by atoms with Gasteiger partial charge in [-0.3, -0.25) is 19.8 Å². The Bertz CT molecular complexity index is 533. The number of nitro groups is 1. The van der Waals surface area contributed by atoms with Gasteiger partial charge in [0.15, 0.2) is 0 Å². The number of likely N-dealkylation sites (tertiary alicyclic amines) is 1. The van der Waals surface area contributed by atoms with Gasteiger partial charge in [0, 0.05) is 23.2 Å². The molecule has 1 aromatic rings. The van der Waals surface area contributed by atoms with Gasteiger partial charge in [-0.05, 0) is 38.4 Å². The summed E-state index contributed by atoms with van der Waals surface area (Å²) in [5, 5.41) is 11.4. The van der Waals surface area contributed by atoms with Gasteiger partial charge in [-0.1, -0.05) is 18.0 Å². The van der Waals surface area contributed by atoms with Crippen LogP contribution in [0.15, 0.2) is 18.2 Å². The van der Waals surface area contributed by atoms with Gasteiger partial charge in [0.1, 0.15) is 5.78 Å². The molecule has 1 aliphatic heterocycles. The molecule has 1 aromatic carbocycles. The summed E-state index contributed by atoms with van der Waals surface area (Å²) in [6.07, 6.45) is 2.88. The Kier molecular flexibility index (Phi) is 4.73. The van der Waals surface area contributed by atoms with Gasteiger partial charge < -0.3 is 0 Å². The molecule has 0 aromatic heterocycles. The van der Waals surface area contributed by atoms with Crippen LogP contribution in [0.3, 0.4) is 0 Å². The third-order valence-electron chi connectivity index (χ3n) is 3.70. The smallest absolute Gasteiger partial charge is 0.275 e. The van der Waals surface area contributed by atoms with E-state index >= 15 is 0 Å². The molecule has 1 atom stereocenters. The molecule has 0 radical (unpaired) electrons. The fourth-order valence-corrected chi connectivity index (χ4v) is 2.87. The average Bonchev–Trinajstić information content (AvgIpc) is 2.41. The lowest BCUT2D eigenvalue weighted by atomic mass is 9.98. The minimum absolute atomic E-state index is 0.0189. The molecular formula is C14H17ClN2O3. The Morgan fingerprint density at radius 3 is 2.90 bits per heavy atom. The molecular weight excluding hydrogens is 280 g/mol. The fourth-order valence-electron chi connectivity index (χ4n) is 2.70. The molecule has 0 amide bonds. The van der Waals surface area contributed by atoms with Crippen molar-refractivity contribution in [3.8, 4) is 0 Å². The van der Waals surface area contributed by atoms with Gasteiger partial charge in [-0.2, -0.15) is 0 Å². The molecule has 0 saturated carbocycles. The van der Waals surface area contributed by atoms with Crippen LogP contribution >= 0.6 is 11.6 Å². The number of halogens is 1. The number of benzene rings is 1. The molecule has 1 aliphatic rings. The number of carbonyl (C=O) groups is 1. The van der Waals surface area contributed by atoms with Gasteiger partial charge in [0.25, 0.3) is 5.69 Å². The van der Waals surface area contributed by atoms with E-state index in [0.29, 0.717) is 17.1 Å². The van der Waals surface area contributed by atoms with Crippen LogP contribution in [0.25, 0.3) is 0 Å². The molecule has 0 bridgehead atoms. The number of nitro benzene ring substituents is 1. The first-order valence-electron chi connectivity index (χ1n) is 6.66. The number of ketones is 1. The van der Waals surface area contributed by atoms with Crippen LogP contribution in [-0.4, -0.2) is 28.2 Å². The van der Waals surface area contributed by atoms with Crippen LogP contribution in [0.5, 0.6) is 0 Å². The first-order chi connectivity index (χ1) is 9.49. The van der Waals surface area contributed by atoms with E-state index in [9.17, 15) is 14.9 Å². The van der Waals surface area contributed by atoms with Crippen molar-refractivity contribution < 1.29 is 9.72 Å². The summed E-state index contributed by atoms with van der Waals surface area (Å²) < 4.78 is 0. The van der Waals surface area contributed by atoms with Crippen molar-refractivity contribution in [3.05, 3.63) is 38.9 Å². The third kappa shape index (κ3) is 3.35. The van der Waals surface area contributed by atoms with Crippen molar-refractivity contribution in [2.24, 2.45) is 0 Å². The number of rotatable bonds is 4. The van der Waals surface area contributed by atoms with E-state index in [1.807, 2.05) is 4.90 Å². The molecule has 1 unspecified atom stereocenters. The maximum Gasteiger partial charge on any atom is 0.275 e. The van der Waals surface area contributed by atoms with Crippen LogP contribution in [0.2, 0.25) is 5.02 Å². The molecule has 1 fully saturated rings. The lowest BCUT2D eigenvalue weighted by Crippen LogP contribution is -2.43. The first kappa shape index (κ1) is 14.9. The van der Waals surface area contributed by atoms with Crippen molar-refractivity contribution in [3.63, 3.8) is 0 Å². The summed E-state index contributed by atoms with van der Waals surface area (Å²) in [5.41, 5.74) is 0.623. The second kappa shape index (κ2) is 6.33. The monoisotopic (exact) mass is 296 g/mol. The molecule has 2 rings (SSSR count). The highest BCUT2D eigenvalue weighted by Crippen LogP contribution is 2.27. The first-order valence-corrected chi connectivity index (χ1v) is 7.04. The highest BCUT2D eigenvalue weighted by Gasteiger charge is 2.27. The number of hydrogen-bond acceptors (Lipinski definition) is 4. The van der Waals surface area contributed by atoms with Gasteiger partial charge in [0.2, 0.25) is 0 Å². The molecule has 1 saturated heterocycles. The Hall–Kier alpha value is -1.46. The molecule has 0 aliphatic carbocycles. The zero-order chi connectivity index (χ0) is 14.7. The predicted octanol–water partition coefficient (Wildman–Crippen LogP) is 3.19.